The van der Waals surface area contributed by atoms with E-state index in [1.807, 2.05) is 4.90 Å². The molecule has 22 heavy (non-hydrogen) atoms. The Bertz CT molecular complexity index is 556. The zero-order valence-electron chi connectivity index (χ0n) is 14.3. The lowest BCUT2D eigenvalue weighted by Gasteiger charge is -2.35. The van der Waals surface area contributed by atoms with E-state index in [1.54, 1.807) is 0 Å². The topological polar surface area (TPSA) is 46.3 Å². The number of fused-ring (bicyclic) bond motifs is 1. The summed E-state index contributed by atoms with van der Waals surface area (Å²) in [5.41, 5.74) is 1.92. The molecular weight excluding hydrogens is 276 g/mol. The van der Waals surface area contributed by atoms with Crippen LogP contribution < -0.4 is 0 Å². The normalized spacial score (nSPS) is 25.9. The summed E-state index contributed by atoms with van der Waals surface area (Å²) >= 11 is 0. The fourth-order valence-electron chi connectivity index (χ4n) is 3.85. The van der Waals surface area contributed by atoms with Crippen molar-refractivity contribution in [2.75, 3.05) is 6.54 Å². The third kappa shape index (κ3) is 2.80. The summed E-state index contributed by atoms with van der Waals surface area (Å²) in [6.07, 6.45) is 6.36. The third-order valence-electron chi connectivity index (χ3n) is 5.53. The maximum Gasteiger partial charge on any atom is 0.276 e. The number of aromatic nitrogens is 1. The Labute approximate surface area is 133 Å². The van der Waals surface area contributed by atoms with Gasteiger partial charge < -0.3 is 9.42 Å². The number of nitrogens with zero attached hydrogens (tertiary/aromatic N) is 2. The maximum absolute atomic E-state index is 12.9. The van der Waals surface area contributed by atoms with Crippen LogP contribution in [0, 0.1) is 11.3 Å². The van der Waals surface area contributed by atoms with Crippen LogP contribution in [0.5, 0.6) is 0 Å². The van der Waals surface area contributed by atoms with Crippen LogP contribution in [0.1, 0.15) is 75.2 Å². The summed E-state index contributed by atoms with van der Waals surface area (Å²) in [6, 6.07) is 0.315. The molecular formula is C18H28N2O2. The van der Waals surface area contributed by atoms with Crippen molar-refractivity contribution in [3.63, 3.8) is 0 Å². The van der Waals surface area contributed by atoms with Crippen LogP contribution in [-0.2, 0) is 12.8 Å². The number of hydrogen-bond acceptors (Lipinski definition) is 3. The average molecular weight is 304 g/mol. The summed E-state index contributed by atoms with van der Waals surface area (Å²) in [5.74, 6) is 1.60. The van der Waals surface area contributed by atoms with Gasteiger partial charge in [0, 0.05) is 24.6 Å². The van der Waals surface area contributed by atoms with Crippen LogP contribution in [0.4, 0.5) is 0 Å². The number of carbonyl (C=O) groups is 1. The van der Waals surface area contributed by atoms with Gasteiger partial charge in [0.15, 0.2) is 5.69 Å². The third-order valence-corrected chi connectivity index (χ3v) is 5.53. The molecule has 1 aliphatic heterocycles. The lowest BCUT2D eigenvalue weighted by molar-refractivity contribution is 0.0623. The van der Waals surface area contributed by atoms with Gasteiger partial charge in [-0.3, -0.25) is 4.79 Å². The standard InChI is InChI=1S/C18H28N2O2/c1-12-7-5-6-10-20(12)17(21)16-14-11-13(18(2,3)4)8-9-15(14)22-19-16/h12-13H,5-11H2,1-4H3/t12-,13+/m1/s1. The van der Waals surface area contributed by atoms with E-state index < -0.39 is 0 Å². The SMILES string of the molecule is C[C@@H]1CCCCN1C(=O)c1noc2c1C[C@@H](C(C)(C)C)CC2. The lowest BCUT2D eigenvalue weighted by atomic mass is 9.71. The minimum atomic E-state index is 0.0757. The highest BCUT2D eigenvalue weighted by molar-refractivity contribution is 5.94. The summed E-state index contributed by atoms with van der Waals surface area (Å²) in [5, 5.41) is 4.16. The second kappa shape index (κ2) is 5.71. The number of aryl methyl sites for hydroxylation is 1. The minimum Gasteiger partial charge on any atom is -0.360 e. The quantitative estimate of drug-likeness (QED) is 0.792. The zero-order chi connectivity index (χ0) is 15.9. The van der Waals surface area contributed by atoms with Crippen molar-refractivity contribution >= 4 is 5.91 Å². The van der Waals surface area contributed by atoms with Gasteiger partial charge in [-0.2, -0.15) is 0 Å². The van der Waals surface area contributed by atoms with Crippen molar-refractivity contribution in [1.82, 2.24) is 10.1 Å². The first-order chi connectivity index (χ1) is 10.4. The second-order valence-corrected chi connectivity index (χ2v) is 8.08. The molecule has 4 heteroatoms. The monoisotopic (exact) mass is 304 g/mol. The Morgan fingerprint density at radius 3 is 2.73 bits per heavy atom. The zero-order valence-corrected chi connectivity index (χ0v) is 14.3. The highest BCUT2D eigenvalue weighted by Crippen LogP contribution is 2.38. The van der Waals surface area contributed by atoms with E-state index in [0.717, 1.165) is 50.0 Å². The molecule has 0 unspecified atom stereocenters. The molecule has 3 rings (SSSR count). The summed E-state index contributed by atoms with van der Waals surface area (Å²) in [4.78, 5) is 14.9. The molecule has 4 nitrogen and oxygen atoms in total. The molecule has 0 bridgehead atoms. The Morgan fingerprint density at radius 2 is 2.05 bits per heavy atom. The molecule has 0 radical (unpaired) electrons. The highest BCUT2D eigenvalue weighted by Gasteiger charge is 2.36. The Morgan fingerprint density at radius 1 is 1.27 bits per heavy atom. The fourth-order valence-corrected chi connectivity index (χ4v) is 3.85. The van der Waals surface area contributed by atoms with Gasteiger partial charge in [-0.25, -0.2) is 0 Å². The lowest BCUT2D eigenvalue weighted by Crippen LogP contribution is -2.42. The smallest absolute Gasteiger partial charge is 0.276 e. The average Bonchev–Trinajstić information content (AvgIpc) is 2.89. The van der Waals surface area contributed by atoms with Crippen molar-refractivity contribution < 1.29 is 9.32 Å². The molecule has 0 spiro atoms. The minimum absolute atomic E-state index is 0.0757. The van der Waals surface area contributed by atoms with Crippen LogP contribution in [-0.4, -0.2) is 28.6 Å². The van der Waals surface area contributed by atoms with Crippen molar-refractivity contribution in [3.8, 4) is 0 Å². The number of amides is 1. The Kier molecular flexibility index (Phi) is 4.04. The predicted molar refractivity (Wildman–Crippen MR) is 85.8 cm³/mol. The molecule has 1 aromatic heterocycles. The number of likely N-dealkylation sites (tertiary alicyclic amines) is 1. The van der Waals surface area contributed by atoms with Crippen molar-refractivity contribution in [2.45, 2.75) is 72.3 Å². The summed E-state index contributed by atoms with van der Waals surface area (Å²) in [6.45, 7) is 9.84. The van der Waals surface area contributed by atoms with E-state index >= 15 is 0 Å². The molecule has 122 valence electrons. The van der Waals surface area contributed by atoms with E-state index in [9.17, 15) is 4.79 Å². The van der Waals surface area contributed by atoms with E-state index in [0.29, 0.717) is 17.7 Å². The fraction of sp³-hybridized carbons (Fsp3) is 0.778. The number of hydrogen-bond donors (Lipinski definition) is 0. The van der Waals surface area contributed by atoms with E-state index in [2.05, 4.69) is 32.9 Å². The largest absolute Gasteiger partial charge is 0.360 e. The van der Waals surface area contributed by atoms with Crippen LogP contribution in [0.15, 0.2) is 4.52 Å². The molecule has 1 saturated heterocycles. The number of carbonyl (C=O) groups excluding carboxylic acids is 1. The van der Waals surface area contributed by atoms with Crippen molar-refractivity contribution in [1.29, 1.82) is 0 Å². The molecule has 0 N–H and O–H groups in total. The van der Waals surface area contributed by atoms with Gasteiger partial charge in [-0.1, -0.05) is 25.9 Å². The van der Waals surface area contributed by atoms with E-state index in [-0.39, 0.29) is 11.3 Å². The summed E-state index contributed by atoms with van der Waals surface area (Å²) in [7, 11) is 0. The molecule has 1 aromatic rings. The highest BCUT2D eigenvalue weighted by atomic mass is 16.5. The molecule has 2 atom stereocenters. The maximum atomic E-state index is 12.9. The van der Waals surface area contributed by atoms with Crippen molar-refractivity contribution in [2.24, 2.45) is 11.3 Å². The van der Waals surface area contributed by atoms with Gasteiger partial charge in [0.1, 0.15) is 5.76 Å². The van der Waals surface area contributed by atoms with Crippen LogP contribution in [0.3, 0.4) is 0 Å². The van der Waals surface area contributed by atoms with Gasteiger partial charge in [0.05, 0.1) is 0 Å². The first-order valence-corrected chi connectivity index (χ1v) is 8.66. The molecule has 1 amide bonds. The van der Waals surface area contributed by atoms with Gasteiger partial charge in [-0.15, -0.1) is 0 Å². The molecule has 1 aliphatic carbocycles. The van der Waals surface area contributed by atoms with Crippen LogP contribution in [0.2, 0.25) is 0 Å². The van der Waals surface area contributed by atoms with E-state index in [1.165, 1.54) is 6.42 Å². The van der Waals surface area contributed by atoms with Gasteiger partial charge in [0.25, 0.3) is 5.91 Å². The van der Waals surface area contributed by atoms with Gasteiger partial charge in [-0.05, 0) is 50.4 Å². The number of piperidine rings is 1. The van der Waals surface area contributed by atoms with Crippen molar-refractivity contribution in [3.05, 3.63) is 17.0 Å². The first-order valence-electron chi connectivity index (χ1n) is 8.66. The van der Waals surface area contributed by atoms with Gasteiger partial charge in [0.2, 0.25) is 0 Å². The predicted octanol–water partition coefficient (Wildman–Crippen LogP) is 3.84. The van der Waals surface area contributed by atoms with Crippen LogP contribution >= 0.6 is 0 Å². The summed E-state index contributed by atoms with van der Waals surface area (Å²) < 4.78 is 5.50. The Hall–Kier alpha value is -1.32. The molecule has 2 heterocycles. The second-order valence-electron chi connectivity index (χ2n) is 8.08. The molecule has 0 saturated carbocycles. The van der Waals surface area contributed by atoms with E-state index in [4.69, 9.17) is 4.52 Å². The first kappa shape index (κ1) is 15.6. The number of rotatable bonds is 1. The van der Waals surface area contributed by atoms with Gasteiger partial charge >= 0.3 is 0 Å². The molecule has 1 fully saturated rings. The molecule has 0 aromatic carbocycles. The van der Waals surface area contributed by atoms with Crippen LogP contribution in [0.25, 0.3) is 0 Å². The Balaban J connectivity index is 1.84. The molecule has 2 aliphatic rings.